The largest absolute Gasteiger partial charge is 0.0848 e. The fourth-order valence-corrected chi connectivity index (χ4v) is 0.676. The van der Waals surface area contributed by atoms with Gasteiger partial charge >= 0.3 is 0 Å². The van der Waals surface area contributed by atoms with Crippen molar-refractivity contribution in [2.24, 2.45) is 11.8 Å². The van der Waals surface area contributed by atoms with Crippen LogP contribution in [0.2, 0.25) is 0 Å². The summed E-state index contributed by atoms with van der Waals surface area (Å²) in [6, 6.07) is 0. The molecule has 0 saturated heterocycles. The summed E-state index contributed by atoms with van der Waals surface area (Å²) in [6.45, 7) is 8.90. The van der Waals surface area contributed by atoms with Crippen LogP contribution < -0.4 is 0 Å². The lowest BCUT2D eigenvalue weighted by Gasteiger charge is -2.08. The average molecular weight is 152 g/mol. The van der Waals surface area contributed by atoms with E-state index in [0.717, 1.165) is 12.3 Å². The molecule has 0 fully saturated rings. The Morgan fingerprint density at radius 2 is 1.73 bits per heavy atom. The molecule has 0 aliphatic carbocycles. The minimum absolute atomic E-state index is 0.691. The Bertz CT molecular complexity index is 129. The van der Waals surface area contributed by atoms with Crippen LogP contribution >= 0.6 is 0 Å². The minimum atomic E-state index is 0.691. The van der Waals surface area contributed by atoms with Crippen molar-refractivity contribution in [3.05, 3.63) is 24.3 Å². The molecule has 0 aliphatic rings. The van der Waals surface area contributed by atoms with E-state index in [2.05, 4.69) is 52.0 Å². The van der Waals surface area contributed by atoms with Crippen LogP contribution in [0.15, 0.2) is 24.3 Å². The predicted octanol–water partition coefficient (Wildman–Crippen LogP) is 3.80. The van der Waals surface area contributed by atoms with Crippen LogP contribution in [-0.4, -0.2) is 0 Å². The first-order valence-electron chi connectivity index (χ1n) is 4.51. The average Bonchev–Trinajstić information content (AvgIpc) is 1.97. The summed E-state index contributed by atoms with van der Waals surface area (Å²) >= 11 is 0. The van der Waals surface area contributed by atoms with E-state index in [0.29, 0.717) is 5.92 Å². The smallest absolute Gasteiger partial charge is 0.0236 e. The Labute approximate surface area is 71.0 Å². The zero-order chi connectivity index (χ0) is 8.69. The van der Waals surface area contributed by atoms with Crippen molar-refractivity contribution in [3.8, 4) is 0 Å². The van der Waals surface area contributed by atoms with Gasteiger partial charge in [-0.05, 0) is 18.3 Å². The van der Waals surface area contributed by atoms with E-state index < -0.39 is 0 Å². The molecule has 0 aromatic heterocycles. The van der Waals surface area contributed by atoms with Crippen LogP contribution in [0, 0.1) is 11.8 Å². The van der Waals surface area contributed by atoms with Gasteiger partial charge in [0, 0.05) is 0 Å². The molecule has 0 aromatic rings. The third kappa shape index (κ3) is 5.90. The van der Waals surface area contributed by atoms with E-state index in [9.17, 15) is 0 Å². The molecule has 11 heavy (non-hydrogen) atoms. The SMILES string of the molecule is CC/C=C/C=C/C(C)C(C)C. The van der Waals surface area contributed by atoms with Gasteiger partial charge in [-0.1, -0.05) is 52.0 Å². The monoisotopic (exact) mass is 152 g/mol. The second-order valence-corrected chi connectivity index (χ2v) is 3.32. The summed E-state index contributed by atoms with van der Waals surface area (Å²) in [4.78, 5) is 0. The van der Waals surface area contributed by atoms with Crippen LogP contribution in [0.3, 0.4) is 0 Å². The Morgan fingerprint density at radius 1 is 1.09 bits per heavy atom. The van der Waals surface area contributed by atoms with Crippen molar-refractivity contribution in [3.63, 3.8) is 0 Å². The van der Waals surface area contributed by atoms with E-state index >= 15 is 0 Å². The maximum Gasteiger partial charge on any atom is -0.0236 e. The lowest BCUT2D eigenvalue weighted by molar-refractivity contribution is 0.504. The van der Waals surface area contributed by atoms with Crippen LogP contribution in [0.4, 0.5) is 0 Å². The number of hydrogen-bond donors (Lipinski definition) is 0. The van der Waals surface area contributed by atoms with Gasteiger partial charge in [-0.15, -0.1) is 0 Å². The quantitative estimate of drug-likeness (QED) is 0.537. The molecule has 0 radical (unpaired) electrons. The van der Waals surface area contributed by atoms with E-state index in [-0.39, 0.29) is 0 Å². The summed E-state index contributed by atoms with van der Waals surface area (Å²) < 4.78 is 0. The van der Waals surface area contributed by atoms with Crippen LogP contribution in [-0.2, 0) is 0 Å². The van der Waals surface area contributed by atoms with Crippen LogP contribution in [0.25, 0.3) is 0 Å². The van der Waals surface area contributed by atoms with Crippen molar-refractivity contribution < 1.29 is 0 Å². The number of rotatable bonds is 4. The molecule has 0 saturated carbocycles. The maximum absolute atomic E-state index is 2.26. The van der Waals surface area contributed by atoms with Crippen molar-refractivity contribution >= 4 is 0 Å². The molecule has 0 aliphatic heterocycles. The predicted molar refractivity (Wildman–Crippen MR) is 52.6 cm³/mol. The summed E-state index contributed by atoms with van der Waals surface area (Å²) in [7, 11) is 0. The zero-order valence-corrected chi connectivity index (χ0v) is 8.17. The standard InChI is InChI=1S/C11H20/c1-5-6-7-8-9-11(4)10(2)3/h6-11H,5H2,1-4H3/b7-6+,9-8+. The van der Waals surface area contributed by atoms with Crippen molar-refractivity contribution in [2.75, 3.05) is 0 Å². The molecular formula is C11H20. The first-order valence-corrected chi connectivity index (χ1v) is 4.51. The molecule has 0 bridgehead atoms. The van der Waals surface area contributed by atoms with E-state index in [4.69, 9.17) is 0 Å². The molecule has 0 heteroatoms. The highest BCUT2D eigenvalue weighted by molar-refractivity contribution is 5.03. The van der Waals surface area contributed by atoms with Crippen molar-refractivity contribution in [1.29, 1.82) is 0 Å². The third-order valence-corrected chi connectivity index (χ3v) is 1.95. The molecule has 0 heterocycles. The molecular weight excluding hydrogens is 132 g/mol. The van der Waals surface area contributed by atoms with Gasteiger partial charge in [0.1, 0.15) is 0 Å². The van der Waals surface area contributed by atoms with Gasteiger partial charge in [-0.25, -0.2) is 0 Å². The Kier molecular flexibility index (Phi) is 5.91. The van der Waals surface area contributed by atoms with Gasteiger partial charge in [-0.3, -0.25) is 0 Å². The normalized spacial score (nSPS) is 15.4. The third-order valence-electron chi connectivity index (χ3n) is 1.95. The molecule has 64 valence electrons. The molecule has 0 aromatic carbocycles. The molecule has 0 spiro atoms. The van der Waals surface area contributed by atoms with Gasteiger partial charge in [0.25, 0.3) is 0 Å². The van der Waals surface area contributed by atoms with E-state index in [1.807, 2.05) is 0 Å². The van der Waals surface area contributed by atoms with Crippen molar-refractivity contribution in [1.82, 2.24) is 0 Å². The second kappa shape index (κ2) is 6.21. The van der Waals surface area contributed by atoms with Crippen LogP contribution in [0.1, 0.15) is 34.1 Å². The van der Waals surface area contributed by atoms with Gasteiger partial charge < -0.3 is 0 Å². The van der Waals surface area contributed by atoms with Gasteiger partial charge in [0.2, 0.25) is 0 Å². The van der Waals surface area contributed by atoms with Gasteiger partial charge in [0.15, 0.2) is 0 Å². The number of hydrogen-bond acceptors (Lipinski definition) is 0. The molecule has 1 atom stereocenters. The fraction of sp³-hybridized carbons (Fsp3) is 0.636. The Balaban J connectivity index is 3.64. The molecule has 0 N–H and O–H groups in total. The number of allylic oxidation sites excluding steroid dienone is 4. The molecule has 0 nitrogen and oxygen atoms in total. The highest BCUT2D eigenvalue weighted by atomic mass is 14.0. The Hall–Kier alpha value is -0.520. The summed E-state index contributed by atoms with van der Waals surface area (Å²) in [5, 5.41) is 0. The lowest BCUT2D eigenvalue weighted by atomic mass is 9.98. The van der Waals surface area contributed by atoms with Gasteiger partial charge in [-0.2, -0.15) is 0 Å². The topological polar surface area (TPSA) is 0 Å². The Morgan fingerprint density at radius 3 is 2.18 bits per heavy atom. The summed E-state index contributed by atoms with van der Waals surface area (Å²) in [5.74, 6) is 1.44. The first-order chi connectivity index (χ1) is 5.18. The zero-order valence-electron chi connectivity index (χ0n) is 8.17. The summed E-state index contributed by atoms with van der Waals surface area (Å²) in [6.07, 6.45) is 9.83. The molecule has 1 unspecified atom stereocenters. The van der Waals surface area contributed by atoms with Gasteiger partial charge in [0.05, 0.1) is 0 Å². The summed E-state index contributed by atoms with van der Waals surface area (Å²) in [5.41, 5.74) is 0. The highest BCUT2D eigenvalue weighted by Crippen LogP contribution is 2.10. The second-order valence-electron chi connectivity index (χ2n) is 3.32. The molecule has 0 amide bonds. The molecule has 0 rings (SSSR count). The lowest BCUT2D eigenvalue weighted by Crippen LogP contribution is -1.98. The van der Waals surface area contributed by atoms with E-state index in [1.165, 1.54) is 0 Å². The maximum atomic E-state index is 2.26. The van der Waals surface area contributed by atoms with Crippen LogP contribution in [0.5, 0.6) is 0 Å². The minimum Gasteiger partial charge on any atom is -0.0848 e. The van der Waals surface area contributed by atoms with E-state index in [1.54, 1.807) is 0 Å². The van der Waals surface area contributed by atoms with Crippen molar-refractivity contribution in [2.45, 2.75) is 34.1 Å². The first kappa shape index (κ1) is 10.5. The fourth-order valence-electron chi connectivity index (χ4n) is 0.676. The highest BCUT2D eigenvalue weighted by Gasteiger charge is 1.99.